The second-order valence-electron chi connectivity index (χ2n) is 7.70. The maximum Gasteiger partial charge on any atom is 0.408 e. The maximum absolute atomic E-state index is 11.8. The molecule has 0 heterocycles. The molecule has 5 heteroatoms. The standard InChI is InChI=1S/C23H40N2O3/c1-24-22(26)19-15-11-6-4-2-3-5-7-12-16-20-25-23(27)28-21-17-13-9-8-10-14-18-21/h21H,2-13,15-17,19-20H2,1H3,(H,24,26)(H,25,27). The largest absolute Gasteiger partial charge is 0.433 e. The lowest BCUT2D eigenvalue weighted by Crippen LogP contribution is -2.29. The fraction of sp³-hybridized carbons (Fsp3) is 0.826. The molecular weight excluding hydrogens is 352 g/mol. The van der Waals surface area contributed by atoms with E-state index >= 15 is 0 Å². The molecule has 0 saturated carbocycles. The first-order chi connectivity index (χ1) is 13.7. The normalized spacial score (nSPS) is 16.2. The van der Waals surface area contributed by atoms with E-state index < -0.39 is 0 Å². The van der Waals surface area contributed by atoms with Crippen LogP contribution in [0.1, 0.15) is 103 Å². The molecule has 1 aliphatic rings. The van der Waals surface area contributed by atoms with E-state index in [1.165, 1.54) is 44.9 Å². The minimum Gasteiger partial charge on any atom is -0.433 e. The Balaban J connectivity index is 1.84. The smallest absolute Gasteiger partial charge is 0.408 e. The first-order valence-corrected chi connectivity index (χ1v) is 11.4. The van der Waals surface area contributed by atoms with Gasteiger partial charge in [0.2, 0.25) is 5.91 Å². The van der Waals surface area contributed by atoms with E-state index in [4.69, 9.17) is 4.74 Å². The highest BCUT2D eigenvalue weighted by atomic mass is 16.6. The summed E-state index contributed by atoms with van der Waals surface area (Å²) in [5, 5.41) is 5.51. The minimum absolute atomic E-state index is 0.149. The van der Waals surface area contributed by atoms with Crippen LogP contribution in [0, 0.1) is 11.8 Å². The Morgan fingerprint density at radius 2 is 1.54 bits per heavy atom. The zero-order valence-electron chi connectivity index (χ0n) is 17.8. The summed E-state index contributed by atoms with van der Waals surface area (Å²) in [5.41, 5.74) is 0. The number of amides is 2. The van der Waals surface area contributed by atoms with Gasteiger partial charge in [-0.3, -0.25) is 4.79 Å². The maximum atomic E-state index is 11.8. The zero-order chi connectivity index (χ0) is 20.3. The molecule has 0 aromatic rings. The van der Waals surface area contributed by atoms with Crippen LogP contribution in [0.25, 0.3) is 0 Å². The number of rotatable bonds is 14. The fourth-order valence-electron chi connectivity index (χ4n) is 3.38. The van der Waals surface area contributed by atoms with Crippen molar-refractivity contribution in [2.24, 2.45) is 0 Å². The molecule has 0 spiro atoms. The summed E-state index contributed by atoms with van der Waals surface area (Å²) in [5.74, 6) is 6.30. The second-order valence-corrected chi connectivity index (χ2v) is 7.70. The predicted octanol–water partition coefficient (Wildman–Crippen LogP) is 5.09. The van der Waals surface area contributed by atoms with Gasteiger partial charge in [0, 0.05) is 26.4 Å². The van der Waals surface area contributed by atoms with Gasteiger partial charge in [-0.25, -0.2) is 4.79 Å². The van der Waals surface area contributed by atoms with Gasteiger partial charge in [0.25, 0.3) is 0 Å². The van der Waals surface area contributed by atoms with E-state index in [1.54, 1.807) is 7.05 Å². The third-order valence-corrected chi connectivity index (χ3v) is 5.16. The molecule has 160 valence electrons. The van der Waals surface area contributed by atoms with Gasteiger partial charge in [-0.2, -0.15) is 0 Å². The van der Waals surface area contributed by atoms with Crippen LogP contribution in [0.2, 0.25) is 0 Å². The van der Waals surface area contributed by atoms with Crippen LogP contribution in [-0.4, -0.2) is 31.7 Å². The third-order valence-electron chi connectivity index (χ3n) is 5.16. The fourth-order valence-corrected chi connectivity index (χ4v) is 3.38. The highest BCUT2D eigenvalue weighted by Gasteiger charge is 2.12. The molecule has 2 amide bonds. The van der Waals surface area contributed by atoms with Crippen molar-refractivity contribution in [2.45, 2.75) is 109 Å². The number of hydrogen-bond donors (Lipinski definition) is 2. The third kappa shape index (κ3) is 14.4. The molecule has 0 aliphatic heterocycles. The first-order valence-electron chi connectivity index (χ1n) is 11.4. The molecule has 2 N–H and O–H groups in total. The van der Waals surface area contributed by atoms with Gasteiger partial charge in [-0.05, 0) is 32.1 Å². The van der Waals surface area contributed by atoms with Crippen LogP contribution in [0.15, 0.2) is 0 Å². The lowest BCUT2D eigenvalue weighted by molar-refractivity contribution is -0.120. The lowest BCUT2D eigenvalue weighted by Gasteiger charge is -2.14. The van der Waals surface area contributed by atoms with Crippen molar-refractivity contribution >= 4 is 12.0 Å². The van der Waals surface area contributed by atoms with Crippen molar-refractivity contribution in [2.75, 3.05) is 13.6 Å². The number of unbranched alkanes of at least 4 members (excludes halogenated alkanes) is 9. The molecule has 0 fully saturated rings. The Bertz CT molecular complexity index is 482. The molecule has 1 aliphatic carbocycles. The SMILES string of the molecule is CNC(=O)CCCCCCCCCCCCNC(=O)OC1C#CCCCCC1. The van der Waals surface area contributed by atoms with Crippen molar-refractivity contribution in [1.82, 2.24) is 10.6 Å². The second kappa shape index (κ2) is 17.4. The number of nitrogens with one attached hydrogen (secondary N) is 2. The number of carbonyl (C=O) groups is 2. The van der Waals surface area contributed by atoms with Gasteiger partial charge < -0.3 is 15.4 Å². The summed E-state index contributed by atoms with van der Waals surface area (Å²) in [7, 11) is 1.69. The predicted molar refractivity (Wildman–Crippen MR) is 114 cm³/mol. The van der Waals surface area contributed by atoms with Crippen LogP contribution in [-0.2, 0) is 9.53 Å². The van der Waals surface area contributed by atoms with Gasteiger partial charge in [-0.15, -0.1) is 0 Å². The summed E-state index contributed by atoms with van der Waals surface area (Å²) in [6.45, 7) is 0.685. The number of ether oxygens (including phenoxy) is 1. The lowest BCUT2D eigenvalue weighted by atomic mass is 10.1. The van der Waals surface area contributed by atoms with E-state index in [0.717, 1.165) is 51.4 Å². The van der Waals surface area contributed by atoms with Crippen LogP contribution in [0.5, 0.6) is 0 Å². The molecule has 1 rings (SSSR count). The Hall–Kier alpha value is -1.70. The molecule has 0 bridgehead atoms. The summed E-state index contributed by atoms with van der Waals surface area (Å²) >= 11 is 0. The van der Waals surface area contributed by atoms with E-state index in [1.807, 2.05) is 0 Å². The molecule has 0 saturated heterocycles. The number of carbonyl (C=O) groups excluding carboxylic acids is 2. The molecule has 1 atom stereocenters. The van der Waals surface area contributed by atoms with Gasteiger partial charge >= 0.3 is 6.09 Å². The van der Waals surface area contributed by atoms with Gasteiger partial charge in [-0.1, -0.05) is 69.6 Å². The minimum atomic E-state index is -0.323. The van der Waals surface area contributed by atoms with Crippen molar-refractivity contribution < 1.29 is 14.3 Å². The highest BCUT2D eigenvalue weighted by molar-refractivity contribution is 5.75. The summed E-state index contributed by atoms with van der Waals surface area (Å²) in [4.78, 5) is 22.9. The van der Waals surface area contributed by atoms with Gasteiger partial charge in [0.1, 0.15) is 0 Å². The van der Waals surface area contributed by atoms with Gasteiger partial charge in [0.05, 0.1) is 0 Å². The van der Waals surface area contributed by atoms with E-state index in [-0.39, 0.29) is 18.1 Å². The van der Waals surface area contributed by atoms with Crippen molar-refractivity contribution in [3.63, 3.8) is 0 Å². The molecule has 0 radical (unpaired) electrons. The van der Waals surface area contributed by atoms with Crippen LogP contribution in [0.4, 0.5) is 4.79 Å². The molecule has 0 aromatic carbocycles. The summed E-state index contributed by atoms with van der Waals surface area (Å²) in [6.07, 6.45) is 17.2. The highest BCUT2D eigenvalue weighted by Crippen LogP contribution is 2.12. The quantitative estimate of drug-likeness (QED) is 0.320. The Morgan fingerprint density at radius 3 is 2.21 bits per heavy atom. The monoisotopic (exact) mass is 392 g/mol. The topological polar surface area (TPSA) is 67.4 Å². The number of hydrogen-bond acceptors (Lipinski definition) is 3. The van der Waals surface area contributed by atoms with Crippen molar-refractivity contribution in [1.29, 1.82) is 0 Å². The molecule has 0 aromatic heterocycles. The Kier molecular flexibility index (Phi) is 15.1. The zero-order valence-corrected chi connectivity index (χ0v) is 17.8. The van der Waals surface area contributed by atoms with Crippen LogP contribution in [0.3, 0.4) is 0 Å². The first kappa shape index (κ1) is 24.3. The van der Waals surface area contributed by atoms with E-state index in [9.17, 15) is 9.59 Å². The van der Waals surface area contributed by atoms with Crippen LogP contribution < -0.4 is 10.6 Å². The Morgan fingerprint density at radius 1 is 0.893 bits per heavy atom. The number of alkyl carbamates (subject to hydrolysis) is 1. The molecule has 5 nitrogen and oxygen atoms in total. The average molecular weight is 393 g/mol. The van der Waals surface area contributed by atoms with Crippen LogP contribution >= 0.6 is 0 Å². The Labute approximate surface area is 171 Å². The average Bonchev–Trinajstić information content (AvgIpc) is 2.67. The van der Waals surface area contributed by atoms with E-state index in [2.05, 4.69) is 22.5 Å². The molecule has 28 heavy (non-hydrogen) atoms. The van der Waals surface area contributed by atoms with Gasteiger partial charge in [0.15, 0.2) is 6.10 Å². The molecule has 1 unspecified atom stereocenters. The summed E-state index contributed by atoms with van der Waals surface area (Å²) < 4.78 is 5.40. The van der Waals surface area contributed by atoms with Crippen molar-refractivity contribution in [3.05, 3.63) is 0 Å². The van der Waals surface area contributed by atoms with Crippen molar-refractivity contribution in [3.8, 4) is 11.8 Å². The molecular formula is C23H40N2O3. The summed E-state index contributed by atoms with van der Waals surface area (Å²) in [6, 6.07) is 0. The van der Waals surface area contributed by atoms with E-state index in [0.29, 0.717) is 13.0 Å².